The highest BCUT2D eigenvalue weighted by Crippen LogP contribution is 2.35. The van der Waals surface area contributed by atoms with Gasteiger partial charge < -0.3 is 9.79 Å². The zero-order valence-electron chi connectivity index (χ0n) is 2.94. The van der Waals surface area contributed by atoms with Crippen LogP contribution in [0.1, 0.15) is 0 Å². The molecular weight excluding hydrogens is 133 g/mol. The summed E-state index contributed by atoms with van der Waals surface area (Å²) in [4.78, 5) is 14.7. The fourth-order valence-corrected chi connectivity index (χ4v) is 0. The molecule has 0 spiro atoms. The van der Waals surface area contributed by atoms with Crippen molar-refractivity contribution in [3.63, 3.8) is 0 Å². The number of phosphoric acid groups is 1. The Morgan fingerprint density at radius 1 is 1.57 bits per heavy atom. The van der Waals surface area contributed by atoms with Crippen LogP contribution in [0, 0.1) is 0 Å². The van der Waals surface area contributed by atoms with Crippen LogP contribution in [-0.2, 0) is 9.29 Å². The van der Waals surface area contributed by atoms with E-state index in [2.05, 4.69) is 4.73 Å². The molecule has 0 saturated carbocycles. The molecule has 0 aliphatic carbocycles. The summed E-state index contributed by atoms with van der Waals surface area (Å²) in [6.07, 6.45) is 0. The third kappa shape index (κ3) is 10.7. The normalized spacial score (nSPS) is 10.1. The van der Waals surface area contributed by atoms with Crippen molar-refractivity contribution >= 4 is 7.82 Å². The van der Waals surface area contributed by atoms with E-state index in [1.165, 1.54) is 0 Å². The average Bonchev–Trinajstić information content (AvgIpc) is 1.35. The monoisotopic (exact) mass is 136 g/mol. The van der Waals surface area contributed by atoms with Crippen molar-refractivity contribution in [3.05, 3.63) is 0 Å². The van der Waals surface area contributed by atoms with Gasteiger partial charge in [-0.2, -0.15) is 0 Å². The molecule has 0 unspecified atom stereocenters. The summed E-state index contributed by atoms with van der Waals surface area (Å²) in [6.45, 7) is 0. The van der Waals surface area contributed by atoms with E-state index in [0.29, 0.717) is 0 Å². The van der Waals surface area contributed by atoms with Crippen molar-refractivity contribution in [3.8, 4) is 0 Å². The molecular formula is H3F2O4P. The van der Waals surface area contributed by atoms with Crippen LogP contribution >= 0.6 is 7.82 Å². The smallest absolute Gasteiger partial charge is 0.301 e. The maximum atomic E-state index is 10.2. The molecule has 0 radical (unpaired) electrons. The van der Waals surface area contributed by atoms with Crippen molar-refractivity contribution in [2.45, 2.75) is 0 Å². The van der Waals surface area contributed by atoms with E-state index in [9.17, 15) is 4.53 Å². The summed E-state index contributed by atoms with van der Waals surface area (Å²) >= 11 is 0. The number of hydrogen-bond acceptors (Lipinski definition) is 2. The van der Waals surface area contributed by atoms with Gasteiger partial charge >= 0.3 is 7.82 Å². The number of halogens is 2. The Morgan fingerprint density at radius 2 is 1.71 bits per heavy atom. The summed E-state index contributed by atoms with van der Waals surface area (Å²) in [5, 5.41) is 0. The molecule has 7 heavy (non-hydrogen) atoms. The quantitative estimate of drug-likeness (QED) is 0.503. The molecule has 46 valence electrons. The molecule has 7 heteroatoms. The maximum absolute atomic E-state index is 10.2. The lowest BCUT2D eigenvalue weighted by Gasteiger charge is -1.87. The van der Waals surface area contributed by atoms with Gasteiger partial charge in [-0.25, -0.2) is 4.57 Å². The van der Waals surface area contributed by atoms with E-state index in [-0.39, 0.29) is 4.70 Å². The lowest BCUT2D eigenvalue weighted by Crippen LogP contribution is -1.71. The van der Waals surface area contributed by atoms with Crippen LogP contribution in [0.5, 0.6) is 0 Å². The SMILES string of the molecule is F.O=P(O)(O)OF. The van der Waals surface area contributed by atoms with Gasteiger partial charge in [0.2, 0.25) is 0 Å². The first-order valence-electron chi connectivity index (χ1n) is 0.919. The van der Waals surface area contributed by atoms with Crippen LogP contribution in [0.2, 0.25) is 0 Å². The topological polar surface area (TPSA) is 66.8 Å². The molecule has 0 bridgehead atoms. The zero-order valence-corrected chi connectivity index (χ0v) is 3.84. The van der Waals surface area contributed by atoms with Crippen molar-refractivity contribution in [1.29, 1.82) is 0 Å². The second-order valence-corrected chi connectivity index (χ2v) is 1.68. The van der Waals surface area contributed by atoms with Crippen LogP contribution in [0.3, 0.4) is 0 Å². The second-order valence-electron chi connectivity index (χ2n) is 0.560. The zero-order chi connectivity index (χ0) is 5.21. The van der Waals surface area contributed by atoms with Crippen molar-refractivity contribution < 1.29 is 28.3 Å². The van der Waals surface area contributed by atoms with Gasteiger partial charge in [-0.05, 0) is 4.53 Å². The predicted molar refractivity (Wildman–Crippen MR) is 16.7 cm³/mol. The first kappa shape index (κ1) is 10.1. The van der Waals surface area contributed by atoms with E-state index in [0.717, 1.165) is 0 Å². The van der Waals surface area contributed by atoms with Gasteiger partial charge in [0.1, 0.15) is 0 Å². The summed E-state index contributed by atoms with van der Waals surface area (Å²) in [7, 11) is -4.81. The number of hydrogen-bond donors (Lipinski definition) is 2. The van der Waals surface area contributed by atoms with Crippen LogP contribution in [-0.4, -0.2) is 9.79 Å². The first-order chi connectivity index (χ1) is 2.56. The van der Waals surface area contributed by atoms with Crippen LogP contribution in [0.25, 0.3) is 0 Å². The van der Waals surface area contributed by atoms with Crippen molar-refractivity contribution in [2.75, 3.05) is 0 Å². The minimum absolute atomic E-state index is 0. The molecule has 0 aromatic heterocycles. The van der Waals surface area contributed by atoms with E-state index < -0.39 is 7.82 Å². The average molecular weight is 136 g/mol. The Morgan fingerprint density at radius 3 is 1.71 bits per heavy atom. The van der Waals surface area contributed by atoms with E-state index >= 15 is 0 Å². The van der Waals surface area contributed by atoms with E-state index in [1.807, 2.05) is 0 Å². The molecule has 0 aliphatic rings. The summed E-state index contributed by atoms with van der Waals surface area (Å²) in [6, 6.07) is 0. The minimum atomic E-state index is -4.81. The van der Waals surface area contributed by atoms with Gasteiger partial charge in [-0.3, -0.25) is 4.70 Å². The third-order valence-corrected chi connectivity index (χ3v) is 0.270. The van der Waals surface area contributed by atoms with E-state index in [4.69, 9.17) is 14.4 Å². The third-order valence-electron chi connectivity index (χ3n) is 0.0899. The van der Waals surface area contributed by atoms with Gasteiger partial charge in [0, 0.05) is 0 Å². The Kier molecular flexibility index (Phi) is 4.36. The van der Waals surface area contributed by atoms with Gasteiger partial charge in [-0.15, -0.1) is 0 Å². The largest absolute Gasteiger partial charge is 0.500 e. The number of rotatable bonds is 1. The van der Waals surface area contributed by atoms with Crippen LogP contribution < -0.4 is 0 Å². The van der Waals surface area contributed by atoms with Crippen molar-refractivity contribution in [2.24, 2.45) is 0 Å². The Balaban J connectivity index is 0. The van der Waals surface area contributed by atoms with Gasteiger partial charge in [0.15, 0.2) is 0 Å². The fourth-order valence-electron chi connectivity index (χ4n) is 0. The highest BCUT2D eigenvalue weighted by atomic mass is 31.2. The fraction of sp³-hybridized carbons (Fsp3) is 0. The molecule has 0 saturated heterocycles. The molecule has 0 amide bonds. The van der Waals surface area contributed by atoms with Crippen molar-refractivity contribution in [1.82, 2.24) is 0 Å². The Labute approximate surface area is 37.4 Å². The molecule has 0 aliphatic heterocycles. The minimum Gasteiger partial charge on any atom is -0.301 e. The molecule has 0 atom stereocenters. The lowest BCUT2D eigenvalue weighted by atomic mass is 15.6. The molecule has 0 rings (SSSR count). The van der Waals surface area contributed by atoms with Gasteiger partial charge in [-0.1, -0.05) is 4.73 Å². The molecule has 0 aromatic rings. The van der Waals surface area contributed by atoms with Crippen LogP contribution in [0.4, 0.5) is 9.23 Å². The summed E-state index contributed by atoms with van der Waals surface area (Å²) < 4.78 is 21.4. The highest BCUT2D eigenvalue weighted by Gasteiger charge is 2.12. The summed E-state index contributed by atoms with van der Waals surface area (Å²) in [5.41, 5.74) is 0. The highest BCUT2D eigenvalue weighted by molar-refractivity contribution is 7.46. The second kappa shape index (κ2) is 3.04. The lowest BCUT2D eigenvalue weighted by molar-refractivity contribution is -0.0389. The van der Waals surface area contributed by atoms with Gasteiger partial charge in [0.05, 0.1) is 0 Å². The standard InChI is InChI=1S/FH2O4P.FH/c1-5-6(2,3)4;/h(H2,2,3,4);1H. The molecule has 0 fully saturated rings. The predicted octanol–water partition coefficient (Wildman–Crippen LogP) is 0.133. The van der Waals surface area contributed by atoms with Gasteiger partial charge in [0.25, 0.3) is 0 Å². The maximum Gasteiger partial charge on any atom is 0.500 e. The first-order valence-corrected chi connectivity index (χ1v) is 2.45. The van der Waals surface area contributed by atoms with E-state index in [1.54, 1.807) is 0 Å². The molecule has 0 heterocycles. The Bertz CT molecular complexity index is 73.8. The summed E-state index contributed by atoms with van der Waals surface area (Å²) in [5.74, 6) is 0. The van der Waals surface area contributed by atoms with Crippen LogP contribution in [0.15, 0.2) is 0 Å². The molecule has 2 N–H and O–H groups in total. The molecule has 0 aromatic carbocycles. The molecule has 4 nitrogen and oxygen atoms in total. The Hall–Kier alpha value is -0.0300.